The molecule has 0 atom stereocenters. The summed E-state index contributed by atoms with van der Waals surface area (Å²) in [5.74, 6) is 0. The molecule has 2 aliphatic heterocycles. The Morgan fingerprint density at radius 3 is 2.42 bits per heavy atom. The summed E-state index contributed by atoms with van der Waals surface area (Å²) in [7, 11) is 2.23. The van der Waals surface area contributed by atoms with E-state index < -0.39 is 0 Å². The van der Waals surface area contributed by atoms with Crippen LogP contribution in [0.25, 0.3) is 0 Å². The van der Waals surface area contributed by atoms with E-state index in [0.29, 0.717) is 5.41 Å². The van der Waals surface area contributed by atoms with Crippen molar-refractivity contribution in [3.63, 3.8) is 0 Å². The van der Waals surface area contributed by atoms with E-state index in [2.05, 4.69) is 29.1 Å². The molecule has 2 aliphatic rings. The molecule has 0 amide bonds. The summed E-state index contributed by atoms with van der Waals surface area (Å²) in [6.07, 6.45) is 3.66. The van der Waals surface area contributed by atoms with Gasteiger partial charge in [-0.25, -0.2) is 0 Å². The van der Waals surface area contributed by atoms with Gasteiger partial charge in [0.15, 0.2) is 0 Å². The molecular formula is C15H31N3O. The fourth-order valence-electron chi connectivity index (χ4n) is 3.21. The Morgan fingerprint density at radius 1 is 1.11 bits per heavy atom. The average Bonchev–Trinajstić information content (AvgIpc) is 2.43. The van der Waals surface area contributed by atoms with Crippen LogP contribution in [0.1, 0.15) is 26.2 Å². The average molecular weight is 269 g/mol. The highest BCUT2D eigenvalue weighted by atomic mass is 16.5. The van der Waals surface area contributed by atoms with Crippen LogP contribution < -0.4 is 5.32 Å². The predicted molar refractivity (Wildman–Crippen MR) is 79.6 cm³/mol. The molecule has 0 aromatic heterocycles. The number of rotatable bonds is 6. The Kier molecular flexibility index (Phi) is 6.07. The third-order valence-corrected chi connectivity index (χ3v) is 4.64. The zero-order valence-electron chi connectivity index (χ0n) is 12.8. The van der Waals surface area contributed by atoms with E-state index in [1.165, 1.54) is 52.0 Å². The summed E-state index contributed by atoms with van der Waals surface area (Å²) >= 11 is 0. The van der Waals surface area contributed by atoms with E-state index in [4.69, 9.17) is 4.74 Å². The van der Waals surface area contributed by atoms with Gasteiger partial charge in [-0.05, 0) is 38.3 Å². The van der Waals surface area contributed by atoms with Gasteiger partial charge in [0.2, 0.25) is 0 Å². The Balaban J connectivity index is 1.85. The molecule has 0 spiro atoms. The highest BCUT2D eigenvalue weighted by molar-refractivity contribution is 4.88. The van der Waals surface area contributed by atoms with Crippen LogP contribution in [-0.4, -0.2) is 75.9 Å². The third-order valence-electron chi connectivity index (χ3n) is 4.64. The largest absolute Gasteiger partial charge is 0.381 e. The normalized spacial score (nSPS) is 25.6. The molecule has 0 aromatic carbocycles. The van der Waals surface area contributed by atoms with Crippen molar-refractivity contribution in [2.75, 3.05) is 66.1 Å². The van der Waals surface area contributed by atoms with Crippen LogP contribution in [0, 0.1) is 5.41 Å². The smallest absolute Gasteiger partial charge is 0.0472 e. The van der Waals surface area contributed by atoms with Gasteiger partial charge in [0.05, 0.1) is 0 Å². The van der Waals surface area contributed by atoms with Gasteiger partial charge in [-0.1, -0.05) is 6.92 Å². The molecule has 0 aliphatic carbocycles. The molecule has 0 saturated carbocycles. The summed E-state index contributed by atoms with van der Waals surface area (Å²) in [4.78, 5) is 5.10. The van der Waals surface area contributed by atoms with Crippen molar-refractivity contribution in [1.82, 2.24) is 15.1 Å². The minimum atomic E-state index is 0.448. The second-order valence-corrected chi connectivity index (χ2v) is 6.37. The van der Waals surface area contributed by atoms with E-state index in [1.807, 2.05) is 0 Å². The first-order chi connectivity index (χ1) is 9.24. The van der Waals surface area contributed by atoms with Crippen molar-refractivity contribution >= 4 is 0 Å². The molecule has 0 unspecified atom stereocenters. The minimum absolute atomic E-state index is 0.448. The fourth-order valence-corrected chi connectivity index (χ4v) is 3.21. The summed E-state index contributed by atoms with van der Waals surface area (Å²) in [6, 6.07) is 0. The molecule has 112 valence electrons. The molecule has 4 nitrogen and oxygen atoms in total. The van der Waals surface area contributed by atoms with Gasteiger partial charge in [-0.2, -0.15) is 0 Å². The number of likely N-dealkylation sites (N-methyl/N-ethyl adjacent to an activating group) is 1. The van der Waals surface area contributed by atoms with Crippen LogP contribution in [0.5, 0.6) is 0 Å². The van der Waals surface area contributed by atoms with Crippen molar-refractivity contribution in [2.45, 2.75) is 26.2 Å². The molecule has 4 heteroatoms. The maximum atomic E-state index is 5.58. The lowest BCUT2D eigenvalue weighted by atomic mass is 9.79. The van der Waals surface area contributed by atoms with Gasteiger partial charge in [0.1, 0.15) is 0 Å². The number of ether oxygens (including phenoxy) is 1. The summed E-state index contributed by atoms with van der Waals surface area (Å²) < 4.78 is 5.58. The predicted octanol–water partition coefficient (Wildman–Crippen LogP) is 1.03. The molecule has 19 heavy (non-hydrogen) atoms. The molecule has 1 N–H and O–H groups in total. The lowest BCUT2D eigenvalue weighted by Crippen LogP contribution is -2.52. The number of hydrogen-bond donors (Lipinski definition) is 1. The lowest BCUT2D eigenvalue weighted by molar-refractivity contribution is -0.0109. The van der Waals surface area contributed by atoms with E-state index in [9.17, 15) is 0 Å². The maximum absolute atomic E-state index is 5.58. The number of hydrogen-bond acceptors (Lipinski definition) is 4. The highest BCUT2D eigenvalue weighted by Crippen LogP contribution is 2.31. The summed E-state index contributed by atoms with van der Waals surface area (Å²) in [5.41, 5.74) is 0.448. The lowest BCUT2D eigenvalue weighted by Gasteiger charge is -2.43. The highest BCUT2D eigenvalue weighted by Gasteiger charge is 2.34. The summed E-state index contributed by atoms with van der Waals surface area (Å²) in [6.45, 7) is 12.6. The first-order valence-corrected chi connectivity index (χ1v) is 7.93. The van der Waals surface area contributed by atoms with Crippen LogP contribution >= 0.6 is 0 Å². The van der Waals surface area contributed by atoms with Crippen molar-refractivity contribution in [1.29, 1.82) is 0 Å². The molecule has 2 rings (SSSR count). The molecule has 2 fully saturated rings. The summed E-state index contributed by atoms with van der Waals surface area (Å²) in [5, 5.41) is 3.65. The van der Waals surface area contributed by atoms with Crippen molar-refractivity contribution in [3.05, 3.63) is 0 Å². The van der Waals surface area contributed by atoms with Gasteiger partial charge in [-0.3, -0.25) is 0 Å². The van der Waals surface area contributed by atoms with Crippen LogP contribution in [0.15, 0.2) is 0 Å². The van der Waals surface area contributed by atoms with E-state index >= 15 is 0 Å². The SMILES string of the molecule is CCCNCC1(CN2CCN(C)CC2)CCOCC1. The molecule has 2 heterocycles. The van der Waals surface area contributed by atoms with E-state index in [0.717, 1.165) is 26.3 Å². The molecular weight excluding hydrogens is 238 g/mol. The second-order valence-electron chi connectivity index (χ2n) is 6.37. The number of piperazine rings is 1. The third kappa shape index (κ3) is 4.71. The van der Waals surface area contributed by atoms with Crippen LogP contribution in [0.3, 0.4) is 0 Å². The van der Waals surface area contributed by atoms with Crippen molar-refractivity contribution < 1.29 is 4.74 Å². The van der Waals surface area contributed by atoms with Gasteiger partial charge in [-0.15, -0.1) is 0 Å². The molecule has 2 saturated heterocycles. The first-order valence-electron chi connectivity index (χ1n) is 7.93. The molecule has 0 aromatic rings. The van der Waals surface area contributed by atoms with Gasteiger partial charge < -0.3 is 19.9 Å². The zero-order valence-corrected chi connectivity index (χ0v) is 12.8. The molecule has 0 bridgehead atoms. The second kappa shape index (κ2) is 7.58. The number of nitrogens with one attached hydrogen (secondary N) is 1. The quantitative estimate of drug-likeness (QED) is 0.729. The standard InChI is InChI=1S/C15H31N3O/c1-3-6-16-13-15(4-11-19-12-5-15)14-18-9-7-17(2)8-10-18/h16H,3-14H2,1-2H3. The fraction of sp³-hybridized carbons (Fsp3) is 1.00. The Labute approximate surface area is 118 Å². The van der Waals surface area contributed by atoms with Gasteiger partial charge in [0.25, 0.3) is 0 Å². The zero-order chi connectivity index (χ0) is 13.6. The monoisotopic (exact) mass is 269 g/mol. The topological polar surface area (TPSA) is 27.7 Å². The Morgan fingerprint density at radius 2 is 1.79 bits per heavy atom. The van der Waals surface area contributed by atoms with E-state index in [1.54, 1.807) is 0 Å². The maximum Gasteiger partial charge on any atom is 0.0472 e. The first kappa shape index (κ1) is 15.2. The molecule has 0 radical (unpaired) electrons. The van der Waals surface area contributed by atoms with Crippen LogP contribution in [-0.2, 0) is 4.74 Å². The van der Waals surface area contributed by atoms with Gasteiger partial charge >= 0.3 is 0 Å². The minimum Gasteiger partial charge on any atom is -0.381 e. The van der Waals surface area contributed by atoms with E-state index in [-0.39, 0.29) is 0 Å². The Hall–Kier alpha value is -0.160. The van der Waals surface area contributed by atoms with Crippen LogP contribution in [0.2, 0.25) is 0 Å². The Bertz CT molecular complexity index is 246. The van der Waals surface area contributed by atoms with Gasteiger partial charge in [0, 0.05) is 52.5 Å². The van der Waals surface area contributed by atoms with Crippen molar-refractivity contribution in [2.24, 2.45) is 5.41 Å². The van der Waals surface area contributed by atoms with Crippen LogP contribution in [0.4, 0.5) is 0 Å². The van der Waals surface area contributed by atoms with Crippen molar-refractivity contribution in [3.8, 4) is 0 Å². The number of nitrogens with zero attached hydrogens (tertiary/aromatic N) is 2.